The number of aliphatic hydroxyl groups excluding tert-OH is 1. The highest BCUT2D eigenvalue weighted by Gasteiger charge is 2.60. The Morgan fingerprint density at radius 2 is 1.53 bits per heavy atom. The summed E-state index contributed by atoms with van der Waals surface area (Å²) in [5.74, 6) is -3.79. The van der Waals surface area contributed by atoms with Gasteiger partial charge >= 0.3 is 12.4 Å². The smallest absolute Gasteiger partial charge is 0.387 e. The van der Waals surface area contributed by atoms with E-state index >= 15 is 0 Å². The second-order valence-corrected chi connectivity index (χ2v) is 4.78. The maximum atomic E-state index is 12.3. The molecule has 17 heavy (non-hydrogen) atoms. The number of rotatable bonds is 2. The molecule has 1 aromatic heterocycles. The Morgan fingerprint density at radius 3 is 1.82 bits per heavy atom. The second-order valence-electron chi connectivity index (χ2n) is 3.18. The van der Waals surface area contributed by atoms with Gasteiger partial charge in [0.1, 0.15) is 6.10 Å². The van der Waals surface area contributed by atoms with Crippen molar-refractivity contribution in [2.45, 2.75) is 18.5 Å². The molecule has 0 spiro atoms. The Labute approximate surface area is 104 Å². The second kappa shape index (κ2) is 4.77. The molecule has 0 aliphatic carbocycles. The van der Waals surface area contributed by atoms with E-state index in [9.17, 15) is 31.4 Å². The zero-order chi connectivity index (χ0) is 13.4. The Kier molecular flexibility index (Phi) is 4.15. The predicted octanol–water partition coefficient (Wildman–Crippen LogP) is 4.28. The lowest BCUT2D eigenvalue weighted by Gasteiger charge is -2.27. The minimum atomic E-state index is -5.56. The average Bonchev–Trinajstić information content (AvgIpc) is 2.45. The molecule has 1 rings (SSSR count). The zero-order valence-corrected chi connectivity index (χ0v) is 10.2. The first kappa shape index (κ1) is 14.8. The summed E-state index contributed by atoms with van der Waals surface area (Å²) in [7, 11) is 0. The minimum absolute atomic E-state index is 0.0218. The van der Waals surface area contributed by atoms with E-state index < -0.39 is 29.9 Å². The van der Waals surface area contributed by atoms with Crippen molar-refractivity contribution in [3.05, 3.63) is 20.8 Å². The molecular weight excluding hydrogens is 338 g/mol. The van der Waals surface area contributed by atoms with Crippen LogP contribution in [0.25, 0.3) is 0 Å². The van der Waals surface area contributed by atoms with Gasteiger partial charge in [0.2, 0.25) is 0 Å². The van der Waals surface area contributed by atoms with Gasteiger partial charge in [-0.25, -0.2) is 0 Å². The van der Waals surface area contributed by atoms with E-state index in [2.05, 4.69) is 15.9 Å². The Balaban J connectivity index is 3.13. The Hall–Kier alpha value is -0.280. The van der Waals surface area contributed by atoms with E-state index in [1.807, 2.05) is 0 Å². The van der Waals surface area contributed by atoms with Crippen LogP contribution in [0.3, 0.4) is 0 Å². The minimum Gasteiger partial charge on any atom is -0.387 e. The highest BCUT2D eigenvalue weighted by Crippen LogP contribution is 2.47. The van der Waals surface area contributed by atoms with Crippen molar-refractivity contribution in [1.29, 1.82) is 0 Å². The lowest BCUT2D eigenvalue weighted by Crippen LogP contribution is -2.40. The maximum absolute atomic E-state index is 12.3. The van der Waals surface area contributed by atoms with Gasteiger partial charge < -0.3 is 5.11 Å². The van der Waals surface area contributed by atoms with E-state index in [0.29, 0.717) is 0 Å². The van der Waals surface area contributed by atoms with Gasteiger partial charge in [-0.1, -0.05) is 0 Å². The lowest BCUT2D eigenvalue weighted by molar-refractivity contribution is -0.307. The monoisotopic (exact) mass is 342 g/mol. The number of halogens is 7. The van der Waals surface area contributed by atoms with Gasteiger partial charge in [-0.05, 0) is 21.3 Å². The highest BCUT2D eigenvalue weighted by molar-refractivity contribution is 9.10. The molecule has 1 unspecified atom stereocenters. The van der Waals surface area contributed by atoms with Gasteiger partial charge in [-0.3, -0.25) is 0 Å². The Bertz CT molecular complexity index is 370. The first-order chi connectivity index (χ1) is 7.55. The SMILES string of the molecule is OC(c1cscc1Br)C(C(F)(F)F)C(F)(F)F. The molecule has 1 heterocycles. The van der Waals surface area contributed by atoms with Crippen molar-refractivity contribution < 1.29 is 31.4 Å². The zero-order valence-electron chi connectivity index (χ0n) is 7.81. The number of thiophene rings is 1. The van der Waals surface area contributed by atoms with Gasteiger partial charge in [0.25, 0.3) is 0 Å². The van der Waals surface area contributed by atoms with Gasteiger partial charge in [0.15, 0.2) is 5.92 Å². The van der Waals surface area contributed by atoms with E-state index in [1.54, 1.807) is 0 Å². The van der Waals surface area contributed by atoms with Crippen molar-refractivity contribution in [2.75, 3.05) is 0 Å². The van der Waals surface area contributed by atoms with E-state index in [1.165, 1.54) is 5.38 Å². The fourth-order valence-corrected chi connectivity index (χ4v) is 2.79. The van der Waals surface area contributed by atoms with Crippen LogP contribution in [0.15, 0.2) is 15.2 Å². The molecule has 0 amide bonds. The maximum Gasteiger partial charge on any atom is 0.403 e. The molecule has 98 valence electrons. The van der Waals surface area contributed by atoms with Crippen LogP contribution >= 0.6 is 27.3 Å². The van der Waals surface area contributed by atoms with Crippen molar-refractivity contribution >= 4 is 27.3 Å². The summed E-state index contributed by atoms with van der Waals surface area (Å²) in [5, 5.41) is 11.6. The average molecular weight is 343 g/mol. The van der Waals surface area contributed by atoms with Crippen LogP contribution in [0.5, 0.6) is 0 Å². The molecule has 0 bridgehead atoms. The van der Waals surface area contributed by atoms with Crippen LogP contribution in [-0.2, 0) is 0 Å². The third-order valence-corrected chi connectivity index (χ3v) is 3.73. The van der Waals surface area contributed by atoms with Crippen LogP contribution < -0.4 is 0 Å². The molecule has 0 aliphatic rings. The van der Waals surface area contributed by atoms with Gasteiger partial charge in [-0.2, -0.15) is 37.7 Å². The van der Waals surface area contributed by atoms with Crippen molar-refractivity contribution in [3.8, 4) is 0 Å². The first-order valence-corrected chi connectivity index (χ1v) is 5.81. The topological polar surface area (TPSA) is 20.2 Å². The van der Waals surface area contributed by atoms with Crippen LogP contribution in [0.4, 0.5) is 26.3 Å². The quantitative estimate of drug-likeness (QED) is 0.795. The molecule has 9 heteroatoms. The third kappa shape index (κ3) is 3.35. The summed E-state index contributed by atoms with van der Waals surface area (Å²) in [6.07, 6.45) is -13.8. The van der Waals surface area contributed by atoms with Crippen LogP contribution in [-0.4, -0.2) is 17.5 Å². The summed E-state index contributed by atoms with van der Waals surface area (Å²) in [6, 6.07) is 0. The predicted molar refractivity (Wildman–Crippen MR) is 52.6 cm³/mol. The fourth-order valence-electron chi connectivity index (χ4n) is 1.23. The van der Waals surface area contributed by atoms with E-state index in [-0.39, 0.29) is 4.47 Å². The molecular formula is C8H5BrF6OS. The van der Waals surface area contributed by atoms with Crippen LogP contribution in [0, 0.1) is 5.92 Å². The highest BCUT2D eigenvalue weighted by atomic mass is 79.9. The normalized spacial score (nSPS) is 15.4. The molecule has 0 saturated heterocycles. The largest absolute Gasteiger partial charge is 0.403 e. The number of alkyl halides is 6. The fraction of sp³-hybridized carbons (Fsp3) is 0.500. The summed E-state index contributed by atoms with van der Waals surface area (Å²) < 4.78 is 73.8. The number of hydrogen-bond donors (Lipinski definition) is 1. The summed E-state index contributed by atoms with van der Waals surface area (Å²) in [6.45, 7) is 0. The van der Waals surface area contributed by atoms with Gasteiger partial charge in [0.05, 0.1) is 0 Å². The van der Waals surface area contributed by atoms with Crippen LogP contribution in [0.2, 0.25) is 0 Å². The van der Waals surface area contributed by atoms with E-state index in [4.69, 9.17) is 0 Å². The molecule has 1 atom stereocenters. The van der Waals surface area contributed by atoms with E-state index in [0.717, 1.165) is 16.7 Å². The Morgan fingerprint density at radius 1 is 1.06 bits per heavy atom. The molecule has 1 N–H and O–H groups in total. The van der Waals surface area contributed by atoms with Gasteiger partial charge in [-0.15, -0.1) is 0 Å². The van der Waals surface area contributed by atoms with Crippen molar-refractivity contribution in [1.82, 2.24) is 0 Å². The summed E-state index contributed by atoms with van der Waals surface area (Å²) in [5.41, 5.74) is -0.422. The molecule has 0 saturated carbocycles. The molecule has 0 aromatic carbocycles. The van der Waals surface area contributed by atoms with Crippen molar-refractivity contribution in [2.24, 2.45) is 5.92 Å². The number of hydrogen-bond acceptors (Lipinski definition) is 2. The molecule has 0 radical (unpaired) electrons. The standard InChI is InChI=1S/C8H5BrF6OS/c9-4-2-17-1-3(4)5(16)6(7(10,11)12)8(13,14)15/h1-2,5-6,16H. The lowest BCUT2D eigenvalue weighted by atomic mass is 9.96. The summed E-state index contributed by atoms with van der Waals surface area (Å²) >= 11 is 3.68. The molecule has 0 aliphatic heterocycles. The first-order valence-electron chi connectivity index (χ1n) is 4.08. The number of aliphatic hydroxyl groups is 1. The van der Waals surface area contributed by atoms with Crippen molar-refractivity contribution in [3.63, 3.8) is 0 Å². The third-order valence-electron chi connectivity index (χ3n) is 1.98. The molecule has 1 nitrogen and oxygen atoms in total. The molecule has 0 fully saturated rings. The summed E-state index contributed by atoms with van der Waals surface area (Å²) in [4.78, 5) is 0. The van der Waals surface area contributed by atoms with Gasteiger partial charge in [0, 0.05) is 15.4 Å². The molecule has 1 aromatic rings. The van der Waals surface area contributed by atoms with Crippen LogP contribution in [0.1, 0.15) is 11.7 Å².